The van der Waals surface area contributed by atoms with E-state index in [9.17, 15) is 9.59 Å². The summed E-state index contributed by atoms with van der Waals surface area (Å²) in [5, 5.41) is 8.91. The van der Waals surface area contributed by atoms with Gasteiger partial charge in [0.05, 0.1) is 7.11 Å². The van der Waals surface area contributed by atoms with E-state index in [0.29, 0.717) is 0 Å². The third-order valence-electron chi connectivity index (χ3n) is 1.06. The highest BCUT2D eigenvalue weighted by molar-refractivity contribution is 6.04. The van der Waals surface area contributed by atoms with Crippen LogP contribution in [0.25, 0.3) is 0 Å². The zero-order chi connectivity index (χ0) is 8.36. The van der Waals surface area contributed by atoms with Crippen molar-refractivity contribution in [2.24, 2.45) is 5.73 Å². The van der Waals surface area contributed by atoms with E-state index in [1.54, 1.807) is 0 Å². The normalized spacial score (nSPS) is 15.5. The second kappa shape index (κ2) is 2.66. The zero-order valence-corrected chi connectivity index (χ0v) is 5.75. The Morgan fingerprint density at radius 3 is 2.10 bits per heavy atom. The molecule has 0 fully saturated rings. The lowest BCUT2D eigenvalue weighted by atomic mass is 10.1. The second-order valence-electron chi connectivity index (χ2n) is 1.93. The molecule has 0 aromatic rings. The molecule has 3 N–H and O–H groups in total. The minimum absolute atomic E-state index is 0.973. The Kier molecular flexibility index (Phi) is 2.36. The maximum atomic E-state index is 10.5. The number of carbonyl (C=O) groups is 2. The Morgan fingerprint density at radius 1 is 1.60 bits per heavy atom. The number of aliphatic hydroxyl groups is 1. The zero-order valence-electron chi connectivity index (χ0n) is 5.75. The third kappa shape index (κ3) is 1.44. The van der Waals surface area contributed by atoms with Crippen molar-refractivity contribution in [2.45, 2.75) is 12.5 Å². The van der Waals surface area contributed by atoms with E-state index in [-0.39, 0.29) is 0 Å². The van der Waals surface area contributed by atoms with Crippen LogP contribution in [0, 0.1) is 0 Å². The first-order chi connectivity index (χ1) is 4.42. The molecule has 0 aromatic heterocycles. The van der Waals surface area contributed by atoms with Crippen LogP contribution in [0.5, 0.6) is 0 Å². The summed E-state index contributed by atoms with van der Waals surface area (Å²) in [6.07, 6.45) is 0. The highest BCUT2D eigenvalue weighted by Gasteiger charge is 2.37. The van der Waals surface area contributed by atoms with Crippen molar-refractivity contribution in [2.75, 3.05) is 7.11 Å². The van der Waals surface area contributed by atoms with Crippen LogP contribution in [-0.4, -0.2) is 29.7 Å². The van der Waals surface area contributed by atoms with E-state index in [0.717, 1.165) is 14.0 Å². The van der Waals surface area contributed by atoms with Crippen LogP contribution >= 0.6 is 0 Å². The van der Waals surface area contributed by atoms with Gasteiger partial charge in [0.15, 0.2) is 0 Å². The molecule has 0 bridgehead atoms. The van der Waals surface area contributed by atoms with E-state index < -0.39 is 17.5 Å². The molecule has 0 aliphatic heterocycles. The summed E-state index contributed by atoms with van der Waals surface area (Å²) in [6.45, 7) is 0.973. The minimum atomic E-state index is -2.21. The molecule has 0 radical (unpaired) electrons. The maximum absolute atomic E-state index is 10.5. The van der Waals surface area contributed by atoms with Crippen LogP contribution in [0.15, 0.2) is 0 Å². The summed E-state index contributed by atoms with van der Waals surface area (Å²) in [5.41, 5.74) is 2.44. The lowest BCUT2D eigenvalue weighted by molar-refractivity contribution is -0.165. The SMILES string of the molecule is COC(=O)C(C)(O)C(N)=O. The van der Waals surface area contributed by atoms with Gasteiger partial charge in [-0.1, -0.05) is 0 Å². The number of methoxy groups -OCH3 is 1. The number of nitrogens with two attached hydrogens (primary N) is 1. The number of carbonyl (C=O) groups excluding carboxylic acids is 2. The summed E-state index contributed by atoms with van der Waals surface area (Å²) in [4.78, 5) is 20.8. The molecule has 0 rings (SSSR count). The Bertz CT molecular complexity index is 163. The number of hydrogen-bond donors (Lipinski definition) is 2. The summed E-state index contributed by atoms with van der Waals surface area (Å²) in [5.74, 6) is -2.18. The minimum Gasteiger partial charge on any atom is -0.466 e. The molecule has 0 saturated carbocycles. The Morgan fingerprint density at radius 2 is 2.00 bits per heavy atom. The number of esters is 1. The first-order valence-corrected chi connectivity index (χ1v) is 2.53. The topological polar surface area (TPSA) is 89.6 Å². The maximum Gasteiger partial charge on any atom is 0.347 e. The van der Waals surface area contributed by atoms with E-state index in [1.165, 1.54) is 0 Å². The smallest absolute Gasteiger partial charge is 0.347 e. The van der Waals surface area contributed by atoms with Crippen molar-refractivity contribution >= 4 is 11.9 Å². The van der Waals surface area contributed by atoms with Gasteiger partial charge in [-0.2, -0.15) is 0 Å². The molecule has 1 atom stereocenters. The Balaban J connectivity index is 4.40. The van der Waals surface area contributed by atoms with Gasteiger partial charge in [0, 0.05) is 0 Å². The van der Waals surface area contributed by atoms with Gasteiger partial charge in [0.25, 0.3) is 5.91 Å². The fourth-order valence-electron chi connectivity index (χ4n) is 0.299. The van der Waals surface area contributed by atoms with Crippen LogP contribution in [0.4, 0.5) is 0 Å². The van der Waals surface area contributed by atoms with Gasteiger partial charge in [-0.25, -0.2) is 4.79 Å². The summed E-state index contributed by atoms with van der Waals surface area (Å²) >= 11 is 0. The predicted octanol–water partition coefficient (Wildman–Crippen LogP) is -1.60. The standard InChI is InChI=1S/C5H9NO4/c1-5(9,3(6)7)4(8)10-2/h9H,1-2H3,(H2,6,7). The number of amides is 1. The Labute approximate surface area is 57.8 Å². The molecular weight excluding hydrogens is 138 g/mol. The van der Waals surface area contributed by atoms with Gasteiger partial charge in [0.2, 0.25) is 5.60 Å². The molecule has 10 heavy (non-hydrogen) atoms. The van der Waals surface area contributed by atoms with Crippen molar-refractivity contribution < 1.29 is 19.4 Å². The molecule has 0 spiro atoms. The molecular formula is C5H9NO4. The summed E-state index contributed by atoms with van der Waals surface area (Å²) in [7, 11) is 1.06. The fourth-order valence-corrected chi connectivity index (χ4v) is 0.299. The van der Waals surface area contributed by atoms with Crippen molar-refractivity contribution in [1.29, 1.82) is 0 Å². The van der Waals surface area contributed by atoms with Gasteiger partial charge < -0.3 is 15.6 Å². The van der Waals surface area contributed by atoms with Gasteiger partial charge in [-0.3, -0.25) is 4.79 Å². The molecule has 0 aromatic carbocycles. The Hall–Kier alpha value is -1.10. The van der Waals surface area contributed by atoms with Crippen molar-refractivity contribution in [1.82, 2.24) is 0 Å². The van der Waals surface area contributed by atoms with Crippen molar-refractivity contribution in [3.05, 3.63) is 0 Å². The second-order valence-corrected chi connectivity index (χ2v) is 1.93. The predicted molar refractivity (Wildman–Crippen MR) is 31.8 cm³/mol. The van der Waals surface area contributed by atoms with Gasteiger partial charge in [-0.05, 0) is 6.92 Å². The quantitative estimate of drug-likeness (QED) is 0.363. The number of rotatable bonds is 2. The number of hydrogen-bond acceptors (Lipinski definition) is 4. The van der Waals surface area contributed by atoms with E-state index in [2.05, 4.69) is 10.5 Å². The molecule has 0 aliphatic rings. The molecule has 5 nitrogen and oxygen atoms in total. The van der Waals surface area contributed by atoms with E-state index in [4.69, 9.17) is 5.11 Å². The van der Waals surface area contributed by atoms with Gasteiger partial charge >= 0.3 is 5.97 Å². The van der Waals surface area contributed by atoms with Crippen LogP contribution in [-0.2, 0) is 14.3 Å². The van der Waals surface area contributed by atoms with Crippen LogP contribution < -0.4 is 5.73 Å². The highest BCUT2D eigenvalue weighted by Crippen LogP contribution is 2.03. The molecule has 5 heteroatoms. The van der Waals surface area contributed by atoms with Gasteiger partial charge in [0.1, 0.15) is 0 Å². The van der Waals surface area contributed by atoms with Crippen molar-refractivity contribution in [3.8, 4) is 0 Å². The lowest BCUT2D eigenvalue weighted by Gasteiger charge is -2.14. The first-order valence-electron chi connectivity index (χ1n) is 2.53. The monoisotopic (exact) mass is 147 g/mol. The fraction of sp³-hybridized carbons (Fsp3) is 0.600. The first kappa shape index (κ1) is 8.90. The molecule has 1 amide bonds. The number of primary amides is 1. The van der Waals surface area contributed by atoms with Crippen molar-refractivity contribution in [3.63, 3.8) is 0 Å². The van der Waals surface area contributed by atoms with Crippen LogP contribution in [0.2, 0.25) is 0 Å². The van der Waals surface area contributed by atoms with Crippen LogP contribution in [0.1, 0.15) is 6.92 Å². The largest absolute Gasteiger partial charge is 0.466 e. The average Bonchev–Trinajstić information content (AvgIpc) is 1.86. The molecule has 0 heterocycles. The van der Waals surface area contributed by atoms with Gasteiger partial charge in [-0.15, -0.1) is 0 Å². The highest BCUT2D eigenvalue weighted by atomic mass is 16.5. The van der Waals surface area contributed by atoms with Crippen LogP contribution in [0.3, 0.4) is 0 Å². The third-order valence-corrected chi connectivity index (χ3v) is 1.06. The lowest BCUT2D eigenvalue weighted by Crippen LogP contribution is -2.48. The molecule has 0 saturated heterocycles. The van der Waals surface area contributed by atoms with E-state index in [1.807, 2.05) is 0 Å². The molecule has 1 unspecified atom stereocenters. The summed E-state index contributed by atoms with van der Waals surface area (Å²) < 4.78 is 4.09. The number of ether oxygens (including phenoxy) is 1. The summed E-state index contributed by atoms with van der Waals surface area (Å²) in [6, 6.07) is 0. The van der Waals surface area contributed by atoms with E-state index >= 15 is 0 Å². The molecule has 0 aliphatic carbocycles. The average molecular weight is 147 g/mol. The molecule has 58 valence electrons.